The zero-order valence-corrected chi connectivity index (χ0v) is 16.6. The Hall–Kier alpha value is -3.55. The molecule has 2 aromatic heterocycles. The van der Waals surface area contributed by atoms with Crippen molar-refractivity contribution in [2.75, 3.05) is 11.9 Å². The number of nitrogens with zero attached hydrogens (tertiary/aromatic N) is 4. The van der Waals surface area contributed by atoms with Gasteiger partial charge < -0.3 is 9.73 Å². The minimum atomic E-state index is -0.678. The number of amides is 2. The predicted octanol–water partition coefficient (Wildman–Crippen LogP) is 2.18. The monoisotopic (exact) mass is 403 g/mol. The van der Waals surface area contributed by atoms with Gasteiger partial charge >= 0.3 is 5.91 Å². The molecule has 0 saturated heterocycles. The maximum Gasteiger partial charge on any atom is 0.307 e. The van der Waals surface area contributed by atoms with Gasteiger partial charge in [-0.15, -0.1) is 0 Å². The molecule has 3 aromatic rings. The van der Waals surface area contributed by atoms with Crippen LogP contribution < -0.4 is 10.2 Å². The van der Waals surface area contributed by atoms with E-state index in [1.165, 1.54) is 4.90 Å². The van der Waals surface area contributed by atoms with Crippen LogP contribution in [-0.2, 0) is 11.2 Å². The molecule has 1 unspecified atom stereocenters. The Morgan fingerprint density at radius 1 is 1.17 bits per heavy atom. The van der Waals surface area contributed by atoms with Crippen LogP contribution in [0, 0.1) is 11.8 Å². The lowest BCUT2D eigenvalue weighted by atomic mass is 10.1. The second-order valence-corrected chi connectivity index (χ2v) is 7.87. The van der Waals surface area contributed by atoms with E-state index >= 15 is 0 Å². The molecule has 3 heterocycles. The van der Waals surface area contributed by atoms with Crippen LogP contribution in [0.1, 0.15) is 40.5 Å². The van der Waals surface area contributed by atoms with Gasteiger partial charge in [0.25, 0.3) is 11.8 Å². The van der Waals surface area contributed by atoms with Crippen molar-refractivity contribution in [1.29, 1.82) is 0 Å². The number of anilines is 1. The molecule has 0 spiro atoms. The molecule has 30 heavy (non-hydrogen) atoms. The molecule has 152 valence electrons. The summed E-state index contributed by atoms with van der Waals surface area (Å²) in [7, 11) is 1.66. The van der Waals surface area contributed by atoms with Crippen LogP contribution in [0.4, 0.5) is 5.82 Å². The van der Waals surface area contributed by atoms with Gasteiger partial charge in [-0.3, -0.25) is 19.5 Å². The summed E-state index contributed by atoms with van der Waals surface area (Å²) in [6, 6.07) is 9.12. The van der Waals surface area contributed by atoms with E-state index in [1.54, 1.807) is 25.6 Å². The summed E-state index contributed by atoms with van der Waals surface area (Å²) in [6.45, 7) is 2.06. The Morgan fingerprint density at radius 2 is 1.93 bits per heavy atom. The second-order valence-electron chi connectivity index (χ2n) is 7.87. The molecule has 4 atom stereocenters. The highest BCUT2D eigenvalue weighted by atomic mass is 16.4. The van der Waals surface area contributed by atoms with E-state index in [0.29, 0.717) is 18.0 Å². The van der Waals surface area contributed by atoms with Crippen molar-refractivity contribution in [2.45, 2.75) is 25.3 Å². The topological polar surface area (TPSA) is 101 Å². The number of oxazole rings is 1. The molecule has 8 heteroatoms. The summed E-state index contributed by atoms with van der Waals surface area (Å²) < 4.78 is 5.65. The van der Waals surface area contributed by atoms with Crippen LogP contribution in [0.15, 0.2) is 53.3 Å². The molecule has 1 aliphatic heterocycles. The fraction of sp³-hybridized carbons (Fsp3) is 0.318. The van der Waals surface area contributed by atoms with Gasteiger partial charge in [0, 0.05) is 37.7 Å². The second kappa shape index (κ2) is 7.05. The molecule has 1 saturated carbocycles. The number of hydrogen-bond acceptors (Lipinski definition) is 6. The van der Waals surface area contributed by atoms with Gasteiger partial charge in [-0.1, -0.05) is 37.3 Å². The van der Waals surface area contributed by atoms with E-state index < -0.39 is 11.9 Å². The van der Waals surface area contributed by atoms with Crippen LogP contribution >= 0.6 is 0 Å². The van der Waals surface area contributed by atoms with Gasteiger partial charge in [-0.05, 0) is 11.5 Å². The number of likely N-dealkylation sites (N-methyl/N-ethyl adjacent to an activating group) is 1. The number of nitrogens with one attached hydrogen (secondary N) is 1. The number of carbonyl (C=O) groups is 2. The van der Waals surface area contributed by atoms with Crippen molar-refractivity contribution in [3.05, 3.63) is 71.8 Å². The first-order valence-corrected chi connectivity index (χ1v) is 9.92. The van der Waals surface area contributed by atoms with Crippen LogP contribution in [0.25, 0.3) is 0 Å². The summed E-state index contributed by atoms with van der Waals surface area (Å²) in [5.74, 6) is 0.686. The largest absolute Gasteiger partial charge is 0.437 e. The minimum Gasteiger partial charge on any atom is -0.437 e. The zero-order chi connectivity index (χ0) is 20.8. The maximum atomic E-state index is 13.1. The third-order valence-electron chi connectivity index (χ3n) is 6.02. The highest BCUT2D eigenvalue weighted by Crippen LogP contribution is 2.58. The van der Waals surface area contributed by atoms with Crippen molar-refractivity contribution in [3.63, 3.8) is 0 Å². The number of benzene rings is 1. The first-order chi connectivity index (χ1) is 14.5. The van der Waals surface area contributed by atoms with Gasteiger partial charge in [-0.25, -0.2) is 9.97 Å². The van der Waals surface area contributed by atoms with Crippen LogP contribution in [0.3, 0.4) is 0 Å². The molecule has 0 bridgehead atoms. The Bertz CT molecular complexity index is 1110. The normalized spacial score (nSPS) is 24.6. The number of hydrogen-bond donors (Lipinski definition) is 1. The fourth-order valence-electron chi connectivity index (χ4n) is 4.40. The van der Waals surface area contributed by atoms with Crippen LogP contribution in [-0.4, -0.2) is 39.9 Å². The van der Waals surface area contributed by atoms with Crippen molar-refractivity contribution < 1.29 is 14.0 Å². The van der Waals surface area contributed by atoms with Crippen molar-refractivity contribution in [1.82, 2.24) is 20.3 Å². The summed E-state index contributed by atoms with van der Waals surface area (Å²) in [4.78, 5) is 40.3. The highest BCUT2D eigenvalue weighted by molar-refractivity contribution is 6.02. The smallest absolute Gasteiger partial charge is 0.307 e. The van der Waals surface area contributed by atoms with Crippen molar-refractivity contribution >= 4 is 17.6 Å². The molecular formula is C22H21N5O3. The van der Waals surface area contributed by atoms with Crippen molar-refractivity contribution in [3.8, 4) is 0 Å². The number of fused-ring (bicyclic) bond motifs is 3. The maximum absolute atomic E-state index is 13.1. The summed E-state index contributed by atoms with van der Waals surface area (Å²) >= 11 is 0. The molecule has 5 rings (SSSR count). The van der Waals surface area contributed by atoms with Gasteiger partial charge in [0.05, 0.1) is 11.9 Å². The van der Waals surface area contributed by atoms with E-state index in [0.717, 1.165) is 11.3 Å². The zero-order valence-electron chi connectivity index (χ0n) is 16.6. The average molecular weight is 403 g/mol. The molecule has 1 aromatic carbocycles. The lowest BCUT2D eigenvalue weighted by molar-refractivity contribution is -0.120. The van der Waals surface area contributed by atoms with Gasteiger partial charge in [0.2, 0.25) is 0 Å². The van der Waals surface area contributed by atoms with E-state index in [4.69, 9.17) is 4.42 Å². The Labute approximate surface area is 173 Å². The number of rotatable bonds is 4. The van der Waals surface area contributed by atoms with Gasteiger partial charge in [-0.2, -0.15) is 0 Å². The molecule has 2 aliphatic rings. The van der Waals surface area contributed by atoms with Crippen molar-refractivity contribution in [2.24, 2.45) is 11.8 Å². The Kier molecular flexibility index (Phi) is 4.34. The first-order valence-electron chi connectivity index (χ1n) is 9.92. The Balaban J connectivity index is 1.35. The van der Waals surface area contributed by atoms with E-state index in [-0.39, 0.29) is 29.6 Å². The summed E-state index contributed by atoms with van der Waals surface area (Å²) in [6.07, 6.45) is 5.31. The third-order valence-corrected chi connectivity index (χ3v) is 6.02. The van der Waals surface area contributed by atoms with Gasteiger partial charge in [0.15, 0.2) is 5.82 Å². The lowest BCUT2D eigenvalue weighted by Gasteiger charge is -2.22. The standard InChI is InChI=1S/C22H21N5O3/c1-12-15-16(12)18(22(29)27(2)19-17(15)23-8-9-24-19)26-20(28)21-25-11-14(30-21)10-13-6-4-3-5-7-13/h3-9,11-12,15-16,18H,10H2,1-2H3,(H,26,28)/t12-,15+,16?,18-/m0/s1. The predicted molar refractivity (Wildman–Crippen MR) is 108 cm³/mol. The third kappa shape index (κ3) is 3.04. The number of carbonyl (C=O) groups excluding carboxylic acids is 2. The molecule has 2 amide bonds. The van der Waals surface area contributed by atoms with E-state index in [1.807, 2.05) is 30.3 Å². The summed E-state index contributed by atoms with van der Waals surface area (Å²) in [5, 5.41) is 2.85. The Morgan fingerprint density at radius 3 is 2.73 bits per heavy atom. The van der Waals surface area contributed by atoms with Crippen LogP contribution in [0.2, 0.25) is 0 Å². The molecular weight excluding hydrogens is 382 g/mol. The fourth-order valence-corrected chi connectivity index (χ4v) is 4.40. The molecule has 1 N–H and O–H groups in total. The average Bonchev–Trinajstić information content (AvgIpc) is 3.21. The molecule has 8 nitrogen and oxygen atoms in total. The quantitative estimate of drug-likeness (QED) is 0.717. The minimum absolute atomic E-state index is 0.0272. The SMILES string of the molecule is C[C@@H]1C2[C@H](NC(=O)c3ncc(Cc4ccccc4)o3)C(=O)N(C)c3nccnc3[C@@H]21. The summed E-state index contributed by atoms with van der Waals surface area (Å²) in [5.41, 5.74) is 1.87. The van der Waals surface area contributed by atoms with E-state index in [2.05, 4.69) is 27.2 Å². The van der Waals surface area contributed by atoms with Crippen LogP contribution in [0.5, 0.6) is 0 Å². The lowest BCUT2D eigenvalue weighted by Crippen LogP contribution is -2.49. The molecule has 1 fully saturated rings. The highest BCUT2D eigenvalue weighted by Gasteiger charge is 2.59. The van der Waals surface area contributed by atoms with E-state index in [9.17, 15) is 9.59 Å². The number of aromatic nitrogens is 3. The van der Waals surface area contributed by atoms with Gasteiger partial charge in [0.1, 0.15) is 11.8 Å². The molecule has 0 radical (unpaired) electrons. The first kappa shape index (κ1) is 18.5. The molecule has 1 aliphatic carbocycles.